The molecule has 0 aliphatic heterocycles. The number of methoxy groups -OCH3 is 2. The first-order valence-electron chi connectivity index (χ1n) is 5.52. The number of hydrogen-bond acceptors (Lipinski definition) is 4. The zero-order valence-electron chi connectivity index (χ0n) is 10.5. The number of nitrogens with one attached hydrogen (secondary N) is 1. The van der Waals surface area contributed by atoms with Gasteiger partial charge in [0.15, 0.2) is 11.5 Å². The van der Waals surface area contributed by atoms with Crippen LogP contribution in [0, 0.1) is 17.2 Å². The average Bonchev–Trinajstić information content (AvgIpc) is 2.38. The quantitative estimate of drug-likeness (QED) is 0.817. The predicted octanol–water partition coefficient (Wildman–Crippen LogP) is 1.95. The molecule has 1 aromatic rings. The largest absolute Gasteiger partial charge is 0.493 e. The lowest BCUT2D eigenvalue weighted by atomic mass is 10.1. The summed E-state index contributed by atoms with van der Waals surface area (Å²) < 4.78 is 10.4. The Morgan fingerprint density at radius 3 is 2.59 bits per heavy atom. The van der Waals surface area contributed by atoms with Crippen LogP contribution in [0.25, 0.3) is 0 Å². The van der Waals surface area contributed by atoms with Crippen molar-refractivity contribution in [1.82, 2.24) is 5.32 Å². The number of nitrogens with zero attached hydrogens (tertiary/aromatic N) is 1. The van der Waals surface area contributed by atoms with Gasteiger partial charge in [0.1, 0.15) is 0 Å². The van der Waals surface area contributed by atoms with Gasteiger partial charge in [0.25, 0.3) is 0 Å². The molecule has 0 saturated carbocycles. The summed E-state index contributed by atoms with van der Waals surface area (Å²) in [6.45, 7) is 3.29. The van der Waals surface area contributed by atoms with Crippen molar-refractivity contribution < 1.29 is 9.47 Å². The molecule has 0 heterocycles. The number of rotatable bonds is 6. The molecule has 4 nitrogen and oxygen atoms in total. The molecule has 0 aliphatic rings. The fourth-order valence-corrected chi connectivity index (χ4v) is 1.47. The number of nitriles is 1. The molecule has 0 saturated heterocycles. The smallest absolute Gasteiger partial charge is 0.161 e. The molecule has 1 aromatic carbocycles. The van der Waals surface area contributed by atoms with Gasteiger partial charge in [-0.2, -0.15) is 5.26 Å². The first kappa shape index (κ1) is 13.3. The van der Waals surface area contributed by atoms with Crippen LogP contribution in [0.3, 0.4) is 0 Å². The molecule has 0 amide bonds. The van der Waals surface area contributed by atoms with Crippen molar-refractivity contribution in [2.45, 2.75) is 13.5 Å². The lowest BCUT2D eigenvalue weighted by molar-refractivity contribution is 0.354. The zero-order chi connectivity index (χ0) is 12.7. The van der Waals surface area contributed by atoms with Crippen LogP contribution >= 0.6 is 0 Å². The summed E-state index contributed by atoms with van der Waals surface area (Å²) in [4.78, 5) is 0. The third-order valence-electron chi connectivity index (χ3n) is 2.45. The summed E-state index contributed by atoms with van der Waals surface area (Å²) in [6, 6.07) is 7.97. The summed E-state index contributed by atoms with van der Waals surface area (Å²) in [5.41, 5.74) is 1.10. The van der Waals surface area contributed by atoms with E-state index in [1.807, 2.05) is 25.1 Å². The lowest BCUT2D eigenvalue weighted by Crippen LogP contribution is -2.19. The summed E-state index contributed by atoms with van der Waals surface area (Å²) >= 11 is 0. The molecule has 4 heteroatoms. The molecular weight excluding hydrogens is 216 g/mol. The monoisotopic (exact) mass is 234 g/mol. The van der Waals surface area contributed by atoms with Crippen LogP contribution in [0.5, 0.6) is 11.5 Å². The third-order valence-corrected chi connectivity index (χ3v) is 2.45. The fourth-order valence-electron chi connectivity index (χ4n) is 1.47. The maximum Gasteiger partial charge on any atom is 0.161 e. The van der Waals surface area contributed by atoms with E-state index >= 15 is 0 Å². The molecule has 0 aliphatic carbocycles. The second-order valence-electron chi connectivity index (χ2n) is 3.85. The Hall–Kier alpha value is -1.73. The van der Waals surface area contributed by atoms with E-state index in [2.05, 4.69) is 11.4 Å². The van der Waals surface area contributed by atoms with Crippen LogP contribution in [0.1, 0.15) is 12.5 Å². The van der Waals surface area contributed by atoms with Crippen molar-refractivity contribution in [1.29, 1.82) is 5.26 Å². The number of ether oxygens (including phenoxy) is 2. The van der Waals surface area contributed by atoms with Gasteiger partial charge in [-0.25, -0.2) is 0 Å². The van der Waals surface area contributed by atoms with E-state index < -0.39 is 0 Å². The van der Waals surface area contributed by atoms with Gasteiger partial charge in [-0.15, -0.1) is 0 Å². The second-order valence-corrected chi connectivity index (χ2v) is 3.85. The van der Waals surface area contributed by atoms with Gasteiger partial charge in [0.05, 0.1) is 26.2 Å². The second kappa shape index (κ2) is 6.77. The van der Waals surface area contributed by atoms with Crippen molar-refractivity contribution in [3.8, 4) is 17.6 Å². The Kier molecular flexibility index (Phi) is 5.31. The standard InChI is InChI=1S/C13H18N2O2/c1-10(7-14)8-15-9-11-4-5-12(16-2)13(6-11)17-3/h4-6,10,15H,8-9H2,1-3H3/t10-/m0/s1. The molecule has 0 aromatic heterocycles. The molecule has 0 fully saturated rings. The van der Waals surface area contributed by atoms with Gasteiger partial charge in [-0.05, 0) is 24.6 Å². The normalized spacial score (nSPS) is 11.6. The van der Waals surface area contributed by atoms with Gasteiger partial charge in [-0.1, -0.05) is 6.07 Å². The Morgan fingerprint density at radius 1 is 1.29 bits per heavy atom. The molecule has 1 N–H and O–H groups in total. The highest BCUT2D eigenvalue weighted by Gasteiger charge is 2.04. The topological polar surface area (TPSA) is 54.3 Å². The SMILES string of the molecule is COc1ccc(CNC[C@@H](C)C#N)cc1OC. The van der Waals surface area contributed by atoms with Crippen LogP contribution in [0.15, 0.2) is 18.2 Å². The minimum atomic E-state index is 0.0233. The van der Waals surface area contributed by atoms with Crippen molar-refractivity contribution in [3.05, 3.63) is 23.8 Å². The van der Waals surface area contributed by atoms with Gasteiger partial charge in [0.2, 0.25) is 0 Å². The summed E-state index contributed by atoms with van der Waals surface area (Å²) in [5, 5.41) is 11.9. The highest BCUT2D eigenvalue weighted by molar-refractivity contribution is 5.42. The van der Waals surface area contributed by atoms with Crippen LogP contribution in [0.4, 0.5) is 0 Å². The summed E-state index contributed by atoms with van der Waals surface area (Å²) in [5.74, 6) is 1.47. The average molecular weight is 234 g/mol. The molecule has 17 heavy (non-hydrogen) atoms. The third kappa shape index (κ3) is 3.97. The highest BCUT2D eigenvalue weighted by atomic mass is 16.5. The zero-order valence-corrected chi connectivity index (χ0v) is 10.5. The van der Waals surface area contributed by atoms with Crippen molar-refractivity contribution in [2.75, 3.05) is 20.8 Å². The maximum absolute atomic E-state index is 8.66. The van der Waals surface area contributed by atoms with Gasteiger partial charge >= 0.3 is 0 Å². The fraction of sp³-hybridized carbons (Fsp3) is 0.462. The van der Waals surface area contributed by atoms with Crippen LogP contribution in [0.2, 0.25) is 0 Å². The summed E-state index contributed by atoms with van der Waals surface area (Å²) in [6.07, 6.45) is 0. The van der Waals surface area contributed by atoms with Crippen LogP contribution in [-0.4, -0.2) is 20.8 Å². The molecule has 1 rings (SSSR count). The summed E-state index contributed by atoms with van der Waals surface area (Å²) in [7, 11) is 3.23. The number of benzene rings is 1. The lowest BCUT2D eigenvalue weighted by Gasteiger charge is -2.10. The van der Waals surface area contributed by atoms with Gasteiger partial charge in [0, 0.05) is 13.1 Å². The van der Waals surface area contributed by atoms with E-state index in [4.69, 9.17) is 14.7 Å². The Morgan fingerprint density at radius 2 is 2.00 bits per heavy atom. The van der Waals surface area contributed by atoms with E-state index in [9.17, 15) is 0 Å². The van der Waals surface area contributed by atoms with Crippen molar-refractivity contribution >= 4 is 0 Å². The van der Waals surface area contributed by atoms with Crippen LogP contribution in [-0.2, 0) is 6.54 Å². The van der Waals surface area contributed by atoms with E-state index in [1.165, 1.54) is 0 Å². The van der Waals surface area contributed by atoms with Crippen LogP contribution < -0.4 is 14.8 Å². The molecule has 0 radical (unpaired) electrons. The Bertz CT molecular complexity index is 399. The Balaban J connectivity index is 2.58. The predicted molar refractivity (Wildman–Crippen MR) is 66.0 cm³/mol. The first-order chi connectivity index (χ1) is 8.21. The molecule has 1 atom stereocenters. The van der Waals surface area contributed by atoms with Gasteiger partial charge < -0.3 is 14.8 Å². The van der Waals surface area contributed by atoms with E-state index in [0.717, 1.165) is 17.1 Å². The van der Waals surface area contributed by atoms with Gasteiger partial charge in [-0.3, -0.25) is 0 Å². The Labute approximate surface area is 102 Å². The molecule has 92 valence electrons. The molecular formula is C13H18N2O2. The highest BCUT2D eigenvalue weighted by Crippen LogP contribution is 2.27. The van der Waals surface area contributed by atoms with E-state index in [-0.39, 0.29) is 5.92 Å². The number of hydrogen-bond donors (Lipinski definition) is 1. The van der Waals surface area contributed by atoms with E-state index in [1.54, 1.807) is 14.2 Å². The maximum atomic E-state index is 8.66. The van der Waals surface area contributed by atoms with Crippen molar-refractivity contribution in [3.63, 3.8) is 0 Å². The molecule has 0 unspecified atom stereocenters. The van der Waals surface area contributed by atoms with Crippen molar-refractivity contribution in [2.24, 2.45) is 5.92 Å². The minimum Gasteiger partial charge on any atom is -0.493 e. The molecule has 0 bridgehead atoms. The first-order valence-corrected chi connectivity index (χ1v) is 5.52. The van der Waals surface area contributed by atoms with E-state index in [0.29, 0.717) is 13.1 Å². The molecule has 0 spiro atoms. The minimum absolute atomic E-state index is 0.0233.